The average molecular weight is 229 g/mol. The molecule has 3 heteroatoms. The third-order valence-electron chi connectivity index (χ3n) is 3.96. The molecule has 0 bridgehead atoms. The van der Waals surface area contributed by atoms with Gasteiger partial charge in [-0.1, -0.05) is 13.8 Å². The van der Waals surface area contributed by atoms with E-state index in [1.165, 1.54) is 0 Å². The van der Waals surface area contributed by atoms with Gasteiger partial charge in [0.25, 0.3) is 0 Å². The molecule has 1 saturated heterocycles. The molecule has 0 N–H and O–H groups in total. The van der Waals surface area contributed by atoms with Gasteiger partial charge in [0.1, 0.15) is 5.78 Å². The summed E-state index contributed by atoms with van der Waals surface area (Å²) in [4.78, 5) is 14.2. The third-order valence-corrected chi connectivity index (χ3v) is 5.30. The minimum Gasteiger partial charge on any atom is -0.298 e. The van der Waals surface area contributed by atoms with Gasteiger partial charge >= 0.3 is 0 Å². The van der Waals surface area contributed by atoms with E-state index in [0.29, 0.717) is 17.1 Å². The summed E-state index contributed by atoms with van der Waals surface area (Å²) >= 11 is 2.02. The average Bonchev–Trinajstić information content (AvgIpc) is 2.20. The van der Waals surface area contributed by atoms with Gasteiger partial charge in [-0.2, -0.15) is 11.8 Å². The maximum absolute atomic E-state index is 11.8. The first kappa shape index (κ1) is 13.0. The van der Waals surface area contributed by atoms with Crippen LogP contribution in [0.4, 0.5) is 0 Å². The van der Waals surface area contributed by atoms with Gasteiger partial charge in [-0.15, -0.1) is 0 Å². The topological polar surface area (TPSA) is 20.3 Å². The smallest absolute Gasteiger partial charge is 0.149 e. The molecule has 3 unspecified atom stereocenters. The largest absolute Gasteiger partial charge is 0.298 e. The summed E-state index contributed by atoms with van der Waals surface area (Å²) in [5, 5.41) is 0.629. The van der Waals surface area contributed by atoms with Crippen molar-refractivity contribution in [3.05, 3.63) is 0 Å². The van der Waals surface area contributed by atoms with Crippen LogP contribution in [0.3, 0.4) is 0 Å². The summed E-state index contributed by atoms with van der Waals surface area (Å²) in [7, 11) is 0. The Bertz CT molecular complexity index is 244. The van der Waals surface area contributed by atoms with E-state index in [4.69, 9.17) is 0 Å². The van der Waals surface area contributed by atoms with E-state index >= 15 is 0 Å². The van der Waals surface area contributed by atoms with E-state index in [9.17, 15) is 4.79 Å². The summed E-state index contributed by atoms with van der Waals surface area (Å²) in [6.07, 6.45) is 0.907. The molecule has 1 aliphatic rings. The lowest BCUT2D eigenvalue weighted by Crippen LogP contribution is -2.59. The minimum atomic E-state index is -0.255. The normalized spacial score (nSPS) is 32.3. The van der Waals surface area contributed by atoms with Crippen LogP contribution in [-0.4, -0.2) is 39.8 Å². The zero-order valence-corrected chi connectivity index (χ0v) is 11.4. The van der Waals surface area contributed by atoms with Crippen molar-refractivity contribution in [2.24, 2.45) is 0 Å². The van der Waals surface area contributed by atoms with Crippen LogP contribution in [0, 0.1) is 0 Å². The Kier molecular flexibility index (Phi) is 4.24. The maximum atomic E-state index is 11.8. The molecule has 1 rings (SSSR count). The highest BCUT2D eigenvalue weighted by atomic mass is 32.2. The van der Waals surface area contributed by atoms with Crippen LogP contribution in [0.25, 0.3) is 0 Å². The molecular formula is C12H23NOS. The van der Waals surface area contributed by atoms with Crippen molar-refractivity contribution in [2.45, 2.75) is 57.9 Å². The van der Waals surface area contributed by atoms with E-state index in [1.807, 2.05) is 11.8 Å². The lowest BCUT2D eigenvalue weighted by molar-refractivity contribution is -0.129. The number of carbonyl (C=O) groups is 1. The van der Waals surface area contributed by atoms with Crippen molar-refractivity contribution >= 4 is 17.5 Å². The molecule has 3 atom stereocenters. The number of hydrogen-bond acceptors (Lipinski definition) is 3. The first-order valence-electron chi connectivity index (χ1n) is 5.83. The minimum absolute atomic E-state index is 0.255. The number of rotatable bonds is 3. The summed E-state index contributed by atoms with van der Waals surface area (Å²) in [5.41, 5.74) is -0.255. The first-order valence-corrected chi connectivity index (χ1v) is 6.87. The van der Waals surface area contributed by atoms with Crippen LogP contribution < -0.4 is 0 Å². The van der Waals surface area contributed by atoms with Crippen molar-refractivity contribution in [3.8, 4) is 0 Å². The zero-order chi connectivity index (χ0) is 11.6. The molecule has 0 aliphatic carbocycles. The van der Waals surface area contributed by atoms with E-state index in [2.05, 4.69) is 32.6 Å². The van der Waals surface area contributed by atoms with Crippen LogP contribution >= 0.6 is 11.8 Å². The Morgan fingerprint density at radius 3 is 2.60 bits per heavy atom. The summed E-state index contributed by atoms with van der Waals surface area (Å²) in [5.74, 6) is 1.45. The Hall–Kier alpha value is -0.0200. The molecule has 1 fully saturated rings. The van der Waals surface area contributed by atoms with Gasteiger partial charge in [0.15, 0.2) is 0 Å². The van der Waals surface area contributed by atoms with Gasteiger partial charge in [0.2, 0.25) is 0 Å². The first-order chi connectivity index (χ1) is 6.93. The number of ketones is 1. The molecule has 15 heavy (non-hydrogen) atoms. The van der Waals surface area contributed by atoms with Crippen molar-refractivity contribution in [2.75, 3.05) is 12.3 Å². The molecule has 2 nitrogen and oxygen atoms in total. The highest BCUT2D eigenvalue weighted by molar-refractivity contribution is 8.00. The van der Waals surface area contributed by atoms with E-state index < -0.39 is 0 Å². The van der Waals surface area contributed by atoms with Crippen molar-refractivity contribution in [3.63, 3.8) is 0 Å². The second kappa shape index (κ2) is 4.88. The molecule has 0 spiro atoms. The molecule has 0 radical (unpaired) electrons. The highest BCUT2D eigenvalue weighted by Crippen LogP contribution is 2.32. The Morgan fingerprint density at radius 2 is 2.13 bits per heavy atom. The number of hydrogen-bond donors (Lipinski definition) is 0. The number of Topliss-reactive ketones (excluding diaryl/α,β-unsaturated/α-hetero) is 1. The summed E-state index contributed by atoms with van der Waals surface area (Å²) in [6, 6.07) is 0.498. The van der Waals surface area contributed by atoms with E-state index in [0.717, 1.165) is 18.7 Å². The summed E-state index contributed by atoms with van der Waals surface area (Å²) in [6.45, 7) is 11.5. The predicted octanol–water partition coefficient (Wildman–Crippen LogP) is 2.57. The molecule has 1 aliphatic heterocycles. The van der Waals surface area contributed by atoms with Crippen molar-refractivity contribution < 1.29 is 4.79 Å². The van der Waals surface area contributed by atoms with Gasteiger partial charge in [0.05, 0.1) is 5.54 Å². The van der Waals surface area contributed by atoms with Gasteiger partial charge in [-0.05, 0) is 27.2 Å². The second-order valence-electron chi connectivity index (χ2n) is 4.69. The predicted molar refractivity (Wildman–Crippen MR) is 67.5 cm³/mol. The number of thioether (sulfide) groups is 1. The third kappa shape index (κ3) is 2.39. The maximum Gasteiger partial charge on any atom is 0.149 e. The fraction of sp³-hybridized carbons (Fsp3) is 0.917. The van der Waals surface area contributed by atoms with Crippen LogP contribution in [0.2, 0.25) is 0 Å². The Morgan fingerprint density at radius 1 is 1.53 bits per heavy atom. The highest BCUT2D eigenvalue weighted by Gasteiger charge is 2.40. The SMILES string of the molecule is CCC(C)(C(C)=O)N1CCSC(C)C1C. The Labute approximate surface area is 97.8 Å². The zero-order valence-electron chi connectivity index (χ0n) is 10.5. The lowest BCUT2D eigenvalue weighted by atomic mass is 9.89. The van der Waals surface area contributed by atoms with Gasteiger partial charge in [-0.25, -0.2) is 0 Å². The molecule has 0 aromatic carbocycles. The van der Waals surface area contributed by atoms with Crippen LogP contribution in [0.1, 0.15) is 41.0 Å². The fourth-order valence-corrected chi connectivity index (χ4v) is 3.38. The van der Waals surface area contributed by atoms with E-state index in [-0.39, 0.29) is 5.54 Å². The fourth-order valence-electron chi connectivity index (χ4n) is 2.28. The standard InChI is InChI=1S/C12H23NOS/c1-6-12(5,11(4)14)13-7-8-15-10(3)9(13)2/h9-10H,6-8H2,1-5H3. The molecule has 0 aromatic heterocycles. The quantitative estimate of drug-likeness (QED) is 0.742. The number of nitrogens with zero attached hydrogens (tertiary/aromatic N) is 1. The van der Waals surface area contributed by atoms with Gasteiger partial charge in [0, 0.05) is 23.6 Å². The molecule has 0 aromatic rings. The van der Waals surface area contributed by atoms with Gasteiger partial charge < -0.3 is 0 Å². The monoisotopic (exact) mass is 229 g/mol. The van der Waals surface area contributed by atoms with E-state index in [1.54, 1.807) is 6.92 Å². The molecule has 0 amide bonds. The van der Waals surface area contributed by atoms with Gasteiger partial charge in [-0.3, -0.25) is 9.69 Å². The van der Waals surface area contributed by atoms with Crippen LogP contribution in [0.15, 0.2) is 0 Å². The summed E-state index contributed by atoms with van der Waals surface area (Å²) < 4.78 is 0. The van der Waals surface area contributed by atoms with Crippen LogP contribution in [0.5, 0.6) is 0 Å². The van der Waals surface area contributed by atoms with Crippen LogP contribution in [-0.2, 0) is 4.79 Å². The van der Waals surface area contributed by atoms with Crippen molar-refractivity contribution in [1.82, 2.24) is 4.90 Å². The van der Waals surface area contributed by atoms with Crippen molar-refractivity contribution in [1.29, 1.82) is 0 Å². The lowest BCUT2D eigenvalue weighted by Gasteiger charge is -2.47. The molecule has 88 valence electrons. The molecular weight excluding hydrogens is 206 g/mol. The second-order valence-corrected chi connectivity index (χ2v) is 6.18. The molecule has 0 saturated carbocycles. The molecule has 1 heterocycles. The number of carbonyl (C=O) groups excluding carboxylic acids is 1. The Balaban J connectivity index is 2.88.